The zero-order valence-corrected chi connectivity index (χ0v) is 12.4. The first-order chi connectivity index (χ1) is 9.08. The van der Waals surface area contributed by atoms with E-state index in [4.69, 9.17) is 11.6 Å². The van der Waals surface area contributed by atoms with Crippen LogP contribution in [0.2, 0.25) is 5.02 Å². The average Bonchev–Trinajstić information content (AvgIpc) is 2.88. The van der Waals surface area contributed by atoms with E-state index >= 15 is 0 Å². The lowest BCUT2D eigenvalue weighted by molar-refractivity contribution is 0.0685. The van der Waals surface area contributed by atoms with Gasteiger partial charge in [0.15, 0.2) is 0 Å². The number of hydrogen-bond acceptors (Lipinski definition) is 3. The fraction of sp³-hybridized carbons (Fsp3) is 0.286. The van der Waals surface area contributed by atoms with Crippen molar-refractivity contribution in [2.45, 2.75) is 26.4 Å². The highest BCUT2D eigenvalue weighted by Gasteiger charge is 2.20. The van der Waals surface area contributed by atoms with Gasteiger partial charge in [0, 0.05) is 23.0 Å². The Kier molecular flexibility index (Phi) is 4.56. The predicted molar refractivity (Wildman–Crippen MR) is 78.6 cm³/mol. The fourth-order valence-electron chi connectivity index (χ4n) is 1.79. The maximum Gasteiger partial charge on any atom is 0.273 e. The second kappa shape index (κ2) is 6.17. The molecule has 0 fully saturated rings. The van der Waals surface area contributed by atoms with Crippen molar-refractivity contribution in [2.24, 2.45) is 0 Å². The molecule has 19 heavy (non-hydrogen) atoms. The van der Waals surface area contributed by atoms with Crippen molar-refractivity contribution in [1.82, 2.24) is 9.88 Å². The molecule has 1 aromatic heterocycles. The second-order valence-electron chi connectivity index (χ2n) is 4.53. The molecule has 1 heterocycles. The van der Waals surface area contributed by atoms with Gasteiger partial charge in [-0.05, 0) is 31.5 Å². The number of amides is 1. The molecule has 0 saturated heterocycles. The van der Waals surface area contributed by atoms with Crippen molar-refractivity contribution >= 4 is 28.8 Å². The number of rotatable bonds is 4. The Morgan fingerprint density at radius 3 is 2.84 bits per heavy atom. The van der Waals surface area contributed by atoms with Crippen LogP contribution in [-0.4, -0.2) is 21.8 Å². The third-order valence-corrected chi connectivity index (χ3v) is 3.60. The smallest absolute Gasteiger partial charge is 0.273 e. The van der Waals surface area contributed by atoms with Crippen LogP contribution in [0.1, 0.15) is 29.9 Å². The summed E-state index contributed by atoms with van der Waals surface area (Å²) in [6.45, 7) is 4.53. The van der Waals surface area contributed by atoms with E-state index in [-0.39, 0.29) is 11.9 Å². The van der Waals surface area contributed by atoms with E-state index in [0.717, 1.165) is 5.56 Å². The number of hydrogen-bond donors (Lipinski definition) is 0. The van der Waals surface area contributed by atoms with Gasteiger partial charge in [-0.3, -0.25) is 4.79 Å². The van der Waals surface area contributed by atoms with Crippen LogP contribution in [0, 0.1) is 0 Å². The lowest BCUT2D eigenvalue weighted by Crippen LogP contribution is -2.36. The standard InChI is InChI=1S/C14H15ClN2OS/c1-10(2)17(14(18)13-8-19-9-16-13)7-11-4-3-5-12(15)6-11/h3-6,8-10H,7H2,1-2H3. The second-order valence-corrected chi connectivity index (χ2v) is 5.69. The van der Waals surface area contributed by atoms with E-state index < -0.39 is 0 Å². The Hall–Kier alpha value is -1.39. The number of halogens is 1. The summed E-state index contributed by atoms with van der Waals surface area (Å²) in [6, 6.07) is 7.67. The molecule has 1 amide bonds. The van der Waals surface area contributed by atoms with Gasteiger partial charge in [0.05, 0.1) is 5.51 Å². The van der Waals surface area contributed by atoms with Crippen LogP contribution in [0.25, 0.3) is 0 Å². The molecular weight excluding hydrogens is 280 g/mol. The summed E-state index contributed by atoms with van der Waals surface area (Å²) in [5.74, 6) is -0.0452. The van der Waals surface area contributed by atoms with Crippen LogP contribution in [0.15, 0.2) is 35.2 Å². The third kappa shape index (κ3) is 3.55. The highest BCUT2D eigenvalue weighted by Crippen LogP contribution is 2.16. The fourth-order valence-corrected chi connectivity index (χ4v) is 2.52. The van der Waals surface area contributed by atoms with E-state index in [1.165, 1.54) is 11.3 Å². The van der Waals surface area contributed by atoms with Gasteiger partial charge in [0.1, 0.15) is 5.69 Å². The molecule has 0 N–H and O–H groups in total. The first-order valence-electron chi connectivity index (χ1n) is 6.01. The minimum absolute atomic E-state index is 0.0452. The van der Waals surface area contributed by atoms with Crippen molar-refractivity contribution in [3.8, 4) is 0 Å². The van der Waals surface area contributed by atoms with Crippen LogP contribution in [0.5, 0.6) is 0 Å². The molecule has 2 rings (SSSR count). The Labute approximate surface area is 121 Å². The summed E-state index contributed by atoms with van der Waals surface area (Å²) in [5.41, 5.74) is 3.19. The minimum Gasteiger partial charge on any atom is -0.331 e. The van der Waals surface area contributed by atoms with Gasteiger partial charge in [0.2, 0.25) is 0 Å². The van der Waals surface area contributed by atoms with Crippen molar-refractivity contribution in [3.05, 3.63) is 51.4 Å². The lowest BCUT2D eigenvalue weighted by Gasteiger charge is -2.26. The highest BCUT2D eigenvalue weighted by atomic mass is 35.5. The molecule has 0 spiro atoms. The summed E-state index contributed by atoms with van der Waals surface area (Å²) in [5, 5.41) is 2.46. The Bertz CT molecular complexity index is 554. The Morgan fingerprint density at radius 1 is 1.47 bits per heavy atom. The van der Waals surface area contributed by atoms with Crippen LogP contribution in [0.4, 0.5) is 0 Å². The van der Waals surface area contributed by atoms with Crippen molar-refractivity contribution in [3.63, 3.8) is 0 Å². The van der Waals surface area contributed by atoms with E-state index in [1.807, 2.05) is 38.1 Å². The van der Waals surface area contributed by atoms with Crippen molar-refractivity contribution < 1.29 is 4.79 Å². The molecule has 5 heteroatoms. The van der Waals surface area contributed by atoms with Gasteiger partial charge < -0.3 is 4.90 Å². The number of nitrogens with zero attached hydrogens (tertiary/aromatic N) is 2. The number of thiazole rings is 1. The largest absolute Gasteiger partial charge is 0.331 e. The van der Waals surface area contributed by atoms with E-state index in [0.29, 0.717) is 17.3 Å². The molecular formula is C14H15ClN2OS. The van der Waals surface area contributed by atoms with E-state index in [9.17, 15) is 4.79 Å². The van der Waals surface area contributed by atoms with Crippen LogP contribution in [-0.2, 0) is 6.54 Å². The van der Waals surface area contributed by atoms with Gasteiger partial charge in [0.25, 0.3) is 5.91 Å². The van der Waals surface area contributed by atoms with Gasteiger partial charge >= 0.3 is 0 Å². The zero-order valence-electron chi connectivity index (χ0n) is 10.8. The molecule has 0 aliphatic heterocycles. The highest BCUT2D eigenvalue weighted by molar-refractivity contribution is 7.07. The summed E-state index contributed by atoms with van der Waals surface area (Å²) in [7, 11) is 0. The molecule has 0 atom stereocenters. The van der Waals surface area contributed by atoms with Gasteiger partial charge in [-0.25, -0.2) is 4.98 Å². The summed E-state index contributed by atoms with van der Waals surface area (Å²) >= 11 is 7.40. The summed E-state index contributed by atoms with van der Waals surface area (Å²) in [6.07, 6.45) is 0. The first kappa shape index (κ1) is 14.0. The van der Waals surface area contributed by atoms with E-state index in [2.05, 4.69) is 4.98 Å². The summed E-state index contributed by atoms with van der Waals surface area (Å²) < 4.78 is 0. The van der Waals surface area contributed by atoms with Crippen LogP contribution >= 0.6 is 22.9 Å². The first-order valence-corrected chi connectivity index (χ1v) is 7.33. The molecule has 0 saturated carbocycles. The van der Waals surface area contributed by atoms with Crippen molar-refractivity contribution in [2.75, 3.05) is 0 Å². The lowest BCUT2D eigenvalue weighted by atomic mass is 10.2. The zero-order chi connectivity index (χ0) is 13.8. The number of benzene rings is 1. The Balaban J connectivity index is 2.19. The molecule has 0 unspecified atom stereocenters. The SMILES string of the molecule is CC(C)N(Cc1cccc(Cl)c1)C(=O)c1cscn1. The van der Waals surface area contributed by atoms with Gasteiger partial charge in [-0.15, -0.1) is 11.3 Å². The van der Waals surface area contributed by atoms with E-state index in [1.54, 1.807) is 15.8 Å². The van der Waals surface area contributed by atoms with Gasteiger partial charge in [-0.2, -0.15) is 0 Å². The molecule has 0 bridgehead atoms. The maximum absolute atomic E-state index is 12.4. The topological polar surface area (TPSA) is 33.2 Å². The Morgan fingerprint density at radius 2 is 2.26 bits per heavy atom. The quantitative estimate of drug-likeness (QED) is 0.858. The summed E-state index contributed by atoms with van der Waals surface area (Å²) in [4.78, 5) is 18.2. The average molecular weight is 295 g/mol. The number of carbonyl (C=O) groups excluding carboxylic acids is 1. The van der Waals surface area contributed by atoms with Gasteiger partial charge in [-0.1, -0.05) is 23.7 Å². The molecule has 100 valence electrons. The number of aromatic nitrogens is 1. The van der Waals surface area contributed by atoms with Crippen molar-refractivity contribution in [1.29, 1.82) is 0 Å². The normalized spacial score (nSPS) is 10.7. The molecule has 0 aliphatic rings. The molecule has 1 aromatic carbocycles. The molecule has 2 aromatic rings. The maximum atomic E-state index is 12.4. The van der Waals surface area contributed by atoms with Crippen LogP contribution < -0.4 is 0 Å². The van der Waals surface area contributed by atoms with Crippen LogP contribution in [0.3, 0.4) is 0 Å². The predicted octanol–water partition coefficient (Wildman–Crippen LogP) is 3.85. The monoisotopic (exact) mass is 294 g/mol. The third-order valence-electron chi connectivity index (χ3n) is 2.78. The minimum atomic E-state index is -0.0452. The molecule has 0 radical (unpaired) electrons. The molecule has 3 nitrogen and oxygen atoms in total. The number of carbonyl (C=O) groups is 1. The molecule has 0 aliphatic carbocycles.